The van der Waals surface area contributed by atoms with E-state index in [4.69, 9.17) is 20.4 Å². The Morgan fingerprint density at radius 1 is 1.00 bits per heavy atom. The molecule has 22 heavy (non-hydrogen) atoms. The van der Waals surface area contributed by atoms with Crippen molar-refractivity contribution in [1.82, 2.24) is 0 Å². The fourth-order valence-electron chi connectivity index (χ4n) is 1.40. The molecule has 0 aliphatic heterocycles. The average molecular weight is 326 g/mol. The van der Waals surface area contributed by atoms with E-state index >= 15 is 0 Å². The van der Waals surface area contributed by atoms with Crippen molar-refractivity contribution in [3.63, 3.8) is 0 Å². The van der Waals surface area contributed by atoms with Gasteiger partial charge in [0.25, 0.3) is 0 Å². The van der Waals surface area contributed by atoms with Crippen LogP contribution in [0.15, 0.2) is 0 Å². The molecule has 0 aliphatic rings. The topological polar surface area (TPSA) is 202 Å². The number of rotatable bonds is 10. The fraction of sp³-hybridized carbons (Fsp3) is 0.727. The minimum absolute atomic E-state index is 0.858. The van der Waals surface area contributed by atoms with Crippen LogP contribution in [0.1, 0.15) is 12.8 Å². The van der Waals surface area contributed by atoms with Crippen LogP contribution in [-0.4, -0.2) is 90.8 Å². The van der Waals surface area contributed by atoms with Crippen molar-refractivity contribution in [3.8, 4) is 0 Å². The molecule has 128 valence electrons. The molecule has 0 rings (SSSR count). The number of hydrogen-bond acceptors (Lipinski definition) is 9. The summed E-state index contributed by atoms with van der Waals surface area (Å²) in [5.74, 6) is -4.93. The SMILES string of the molecule is O=C(O)CC(O)(CC(=O)OCC(O)C(O)C(O)CO)C(=O)O. The minimum atomic E-state index is -2.88. The Bertz CT molecular complexity index is 409. The van der Waals surface area contributed by atoms with Crippen LogP contribution in [0, 0.1) is 0 Å². The molecule has 0 fully saturated rings. The summed E-state index contributed by atoms with van der Waals surface area (Å²) in [5, 5.41) is 63.0. The highest BCUT2D eigenvalue weighted by Gasteiger charge is 2.41. The quantitative estimate of drug-likeness (QED) is 0.194. The van der Waals surface area contributed by atoms with Crippen molar-refractivity contribution in [3.05, 3.63) is 0 Å². The van der Waals surface area contributed by atoms with E-state index in [0.29, 0.717) is 0 Å². The lowest BCUT2D eigenvalue weighted by atomic mass is 9.96. The molecule has 7 N–H and O–H groups in total. The normalized spacial score (nSPS) is 17.9. The molecule has 11 nitrogen and oxygen atoms in total. The summed E-state index contributed by atoms with van der Waals surface area (Å²) in [6, 6.07) is 0. The van der Waals surface area contributed by atoms with E-state index in [-0.39, 0.29) is 0 Å². The van der Waals surface area contributed by atoms with Gasteiger partial charge in [0.1, 0.15) is 24.9 Å². The van der Waals surface area contributed by atoms with Crippen molar-refractivity contribution < 1.29 is 54.9 Å². The van der Waals surface area contributed by atoms with Gasteiger partial charge in [0, 0.05) is 0 Å². The third-order valence-corrected chi connectivity index (χ3v) is 2.67. The van der Waals surface area contributed by atoms with Crippen LogP contribution >= 0.6 is 0 Å². The van der Waals surface area contributed by atoms with Gasteiger partial charge in [0.2, 0.25) is 0 Å². The van der Waals surface area contributed by atoms with Crippen LogP contribution in [0.5, 0.6) is 0 Å². The largest absolute Gasteiger partial charge is 0.481 e. The summed E-state index contributed by atoms with van der Waals surface area (Å²) in [6.07, 6.45) is -7.72. The van der Waals surface area contributed by atoms with Crippen LogP contribution in [0.3, 0.4) is 0 Å². The van der Waals surface area contributed by atoms with Crippen LogP contribution in [0.2, 0.25) is 0 Å². The van der Waals surface area contributed by atoms with E-state index in [9.17, 15) is 29.7 Å². The predicted molar refractivity (Wildman–Crippen MR) is 65.5 cm³/mol. The number of ether oxygens (including phenoxy) is 1. The summed E-state index contributed by atoms with van der Waals surface area (Å²) in [6.45, 7) is -1.72. The Hall–Kier alpha value is -1.79. The number of aliphatic hydroxyl groups excluding tert-OH is 4. The fourth-order valence-corrected chi connectivity index (χ4v) is 1.40. The van der Waals surface area contributed by atoms with Gasteiger partial charge in [-0.25, -0.2) is 4.79 Å². The molecule has 0 spiro atoms. The molecule has 0 amide bonds. The summed E-state index contributed by atoms with van der Waals surface area (Å²) in [4.78, 5) is 32.6. The summed E-state index contributed by atoms with van der Waals surface area (Å²) < 4.78 is 4.39. The highest BCUT2D eigenvalue weighted by atomic mass is 16.5. The van der Waals surface area contributed by atoms with Crippen molar-refractivity contribution in [2.24, 2.45) is 0 Å². The molecule has 4 unspecified atom stereocenters. The van der Waals surface area contributed by atoms with Gasteiger partial charge < -0.3 is 40.5 Å². The predicted octanol–water partition coefficient (Wildman–Crippen LogP) is -3.71. The maximum absolute atomic E-state index is 11.4. The zero-order valence-electron chi connectivity index (χ0n) is 11.3. The summed E-state index contributed by atoms with van der Waals surface area (Å²) in [5.41, 5.74) is -2.88. The molecule has 0 aromatic heterocycles. The van der Waals surface area contributed by atoms with E-state index < -0.39 is 67.9 Å². The lowest BCUT2D eigenvalue weighted by Crippen LogP contribution is -2.45. The number of carboxylic acid groups (broad SMARTS) is 2. The molecule has 0 bridgehead atoms. The maximum Gasteiger partial charge on any atom is 0.336 e. The van der Waals surface area contributed by atoms with Crippen molar-refractivity contribution >= 4 is 17.9 Å². The number of aliphatic hydroxyl groups is 5. The van der Waals surface area contributed by atoms with Gasteiger partial charge in [0.05, 0.1) is 19.4 Å². The van der Waals surface area contributed by atoms with E-state index in [1.54, 1.807) is 0 Å². The third-order valence-electron chi connectivity index (χ3n) is 2.67. The Labute approximate surface area is 124 Å². The second kappa shape index (κ2) is 8.60. The Morgan fingerprint density at radius 3 is 1.95 bits per heavy atom. The highest BCUT2D eigenvalue weighted by Crippen LogP contribution is 2.17. The number of hydrogen-bond donors (Lipinski definition) is 7. The van der Waals surface area contributed by atoms with E-state index in [1.165, 1.54) is 0 Å². The number of carbonyl (C=O) groups excluding carboxylic acids is 1. The van der Waals surface area contributed by atoms with Gasteiger partial charge in [-0.15, -0.1) is 0 Å². The van der Waals surface area contributed by atoms with Gasteiger partial charge in [-0.3, -0.25) is 9.59 Å². The second-order valence-electron chi connectivity index (χ2n) is 4.57. The highest BCUT2D eigenvalue weighted by molar-refractivity contribution is 5.88. The Kier molecular flexibility index (Phi) is 7.90. The maximum atomic E-state index is 11.4. The first kappa shape index (κ1) is 20.2. The molecule has 0 radical (unpaired) electrons. The Morgan fingerprint density at radius 2 is 1.55 bits per heavy atom. The first-order valence-corrected chi connectivity index (χ1v) is 6.01. The molecule has 0 aromatic rings. The zero-order valence-corrected chi connectivity index (χ0v) is 11.3. The number of carboxylic acids is 2. The van der Waals surface area contributed by atoms with Crippen LogP contribution in [0.4, 0.5) is 0 Å². The molecule has 0 saturated heterocycles. The van der Waals surface area contributed by atoms with Crippen LogP contribution in [-0.2, 0) is 19.1 Å². The number of aliphatic carboxylic acids is 2. The molecule has 0 saturated carbocycles. The summed E-state index contributed by atoms with van der Waals surface area (Å²) in [7, 11) is 0. The van der Waals surface area contributed by atoms with Crippen LogP contribution < -0.4 is 0 Å². The molecular formula is C11H18O11. The monoisotopic (exact) mass is 326 g/mol. The standard InChI is InChI=1S/C11H18O11/c12-3-5(13)9(18)6(14)4-22-8(17)2-11(21,10(19)20)1-7(15)16/h5-6,9,12-14,18,21H,1-4H2,(H,15,16)(H,19,20). The molecule has 0 heterocycles. The molecule has 4 atom stereocenters. The number of esters is 1. The van der Waals surface area contributed by atoms with Gasteiger partial charge in [-0.2, -0.15) is 0 Å². The molecule has 0 aromatic carbocycles. The third kappa shape index (κ3) is 6.32. The van der Waals surface area contributed by atoms with Crippen LogP contribution in [0.25, 0.3) is 0 Å². The van der Waals surface area contributed by atoms with Gasteiger partial charge in [0.15, 0.2) is 5.60 Å². The molecular weight excluding hydrogens is 308 g/mol. The first-order chi connectivity index (χ1) is 10.0. The van der Waals surface area contributed by atoms with Gasteiger partial charge >= 0.3 is 17.9 Å². The first-order valence-electron chi connectivity index (χ1n) is 6.01. The average Bonchev–Trinajstić information content (AvgIpc) is 2.41. The van der Waals surface area contributed by atoms with Crippen molar-refractivity contribution in [2.45, 2.75) is 36.8 Å². The number of carbonyl (C=O) groups is 3. The summed E-state index contributed by atoms with van der Waals surface area (Å²) >= 11 is 0. The van der Waals surface area contributed by atoms with E-state index in [0.717, 1.165) is 0 Å². The minimum Gasteiger partial charge on any atom is -0.481 e. The van der Waals surface area contributed by atoms with Gasteiger partial charge in [-0.05, 0) is 0 Å². The van der Waals surface area contributed by atoms with E-state index in [2.05, 4.69) is 4.74 Å². The molecule has 11 heteroatoms. The van der Waals surface area contributed by atoms with Crippen molar-refractivity contribution in [2.75, 3.05) is 13.2 Å². The lowest BCUT2D eigenvalue weighted by molar-refractivity contribution is -0.174. The lowest BCUT2D eigenvalue weighted by Gasteiger charge is -2.23. The van der Waals surface area contributed by atoms with Gasteiger partial charge in [-0.1, -0.05) is 0 Å². The smallest absolute Gasteiger partial charge is 0.336 e. The Balaban J connectivity index is 4.54. The molecule has 0 aliphatic carbocycles. The van der Waals surface area contributed by atoms with Crippen molar-refractivity contribution in [1.29, 1.82) is 0 Å². The second-order valence-corrected chi connectivity index (χ2v) is 4.57. The zero-order chi connectivity index (χ0) is 17.5. The van der Waals surface area contributed by atoms with E-state index in [1.807, 2.05) is 0 Å².